The number of rotatable bonds is 64. The number of carbonyl (C=O) groups is 2. The molecule has 1 amide bonds. The monoisotopic (exact) mass is 1040 g/mol. The Balaban J connectivity index is 3.34. The number of carbonyl (C=O) groups excluding carboxylic acids is 2. The summed E-state index contributed by atoms with van der Waals surface area (Å²) in [5.74, 6) is -0.0172. The molecule has 0 aliphatic rings. The molecular formula is C68H133NO5. The zero-order chi connectivity index (χ0) is 53.6. The molecular weight excluding hydrogens is 911 g/mol. The number of hydrogen-bond donors (Lipinski definition) is 3. The topological polar surface area (TPSA) is 95.9 Å². The second-order valence-electron chi connectivity index (χ2n) is 23.5. The van der Waals surface area contributed by atoms with Crippen LogP contribution in [0.4, 0.5) is 0 Å². The molecule has 0 aliphatic heterocycles. The van der Waals surface area contributed by atoms with E-state index in [9.17, 15) is 19.8 Å². The lowest BCUT2D eigenvalue weighted by atomic mass is 10.0. The van der Waals surface area contributed by atoms with E-state index in [-0.39, 0.29) is 18.5 Å². The van der Waals surface area contributed by atoms with Crippen LogP contribution in [0.3, 0.4) is 0 Å². The summed E-state index contributed by atoms with van der Waals surface area (Å²) in [6.45, 7) is 4.98. The first kappa shape index (κ1) is 72.6. The average molecular weight is 1040 g/mol. The molecule has 440 valence electrons. The van der Waals surface area contributed by atoms with Crippen molar-refractivity contribution in [2.24, 2.45) is 0 Å². The number of esters is 1. The summed E-state index contributed by atoms with van der Waals surface area (Å²) >= 11 is 0. The van der Waals surface area contributed by atoms with Crippen LogP contribution >= 0.6 is 0 Å². The van der Waals surface area contributed by atoms with Gasteiger partial charge in [-0.3, -0.25) is 9.59 Å². The van der Waals surface area contributed by atoms with Gasteiger partial charge in [-0.05, 0) is 51.4 Å². The Kier molecular flexibility index (Phi) is 62.9. The molecule has 6 nitrogen and oxygen atoms in total. The minimum atomic E-state index is -0.663. The summed E-state index contributed by atoms with van der Waals surface area (Å²) in [4.78, 5) is 24.6. The number of aliphatic hydroxyl groups is 2. The van der Waals surface area contributed by atoms with Crippen LogP contribution in [0.5, 0.6) is 0 Å². The standard InChI is InChI=1S/C68H133NO5/c1-3-5-7-9-11-13-15-17-19-20-30-34-38-42-46-50-54-58-62-68(73)74-63-59-55-51-47-43-39-35-31-28-26-24-22-21-23-25-27-29-33-37-41-45-49-53-57-61-67(72)69-65(64-70)66(71)60-56-52-48-44-40-36-32-18-16-14-12-10-8-6-4-2/h19-20,65-66,70-71H,3-18,21-64H2,1-2H3,(H,69,72)/b20-19-. The minimum Gasteiger partial charge on any atom is -0.466 e. The Morgan fingerprint density at radius 3 is 0.959 bits per heavy atom. The molecule has 0 fully saturated rings. The maximum Gasteiger partial charge on any atom is 0.305 e. The van der Waals surface area contributed by atoms with Gasteiger partial charge in [-0.15, -0.1) is 0 Å². The first-order chi connectivity index (χ1) is 36.5. The molecule has 0 bridgehead atoms. The summed E-state index contributed by atoms with van der Waals surface area (Å²) in [7, 11) is 0. The summed E-state index contributed by atoms with van der Waals surface area (Å²) in [5, 5.41) is 23.3. The van der Waals surface area contributed by atoms with Gasteiger partial charge in [0.05, 0.1) is 25.4 Å². The third kappa shape index (κ3) is 59.8. The molecule has 2 atom stereocenters. The largest absolute Gasteiger partial charge is 0.466 e. The molecule has 0 aromatic heterocycles. The van der Waals surface area contributed by atoms with E-state index in [0.29, 0.717) is 25.9 Å². The summed E-state index contributed by atoms with van der Waals surface area (Å²) in [6, 6.07) is -0.540. The van der Waals surface area contributed by atoms with E-state index in [2.05, 4.69) is 31.3 Å². The van der Waals surface area contributed by atoms with E-state index < -0.39 is 12.1 Å². The van der Waals surface area contributed by atoms with Gasteiger partial charge in [-0.25, -0.2) is 0 Å². The van der Waals surface area contributed by atoms with Crippen LogP contribution in [0.15, 0.2) is 12.2 Å². The fourth-order valence-corrected chi connectivity index (χ4v) is 10.9. The molecule has 2 unspecified atom stereocenters. The van der Waals surface area contributed by atoms with E-state index in [4.69, 9.17) is 4.74 Å². The first-order valence-corrected chi connectivity index (χ1v) is 33.9. The van der Waals surface area contributed by atoms with Gasteiger partial charge in [0.2, 0.25) is 5.91 Å². The lowest BCUT2D eigenvalue weighted by Gasteiger charge is -2.22. The number of nitrogens with one attached hydrogen (secondary N) is 1. The zero-order valence-corrected chi connectivity index (χ0v) is 50.4. The highest BCUT2D eigenvalue weighted by Crippen LogP contribution is 2.19. The number of allylic oxidation sites excluding steroid dienone is 2. The van der Waals surface area contributed by atoms with Crippen LogP contribution in [-0.2, 0) is 14.3 Å². The molecule has 0 saturated heterocycles. The van der Waals surface area contributed by atoms with Crippen molar-refractivity contribution < 1.29 is 24.5 Å². The van der Waals surface area contributed by atoms with Gasteiger partial charge in [0.25, 0.3) is 0 Å². The number of hydrogen-bond acceptors (Lipinski definition) is 5. The van der Waals surface area contributed by atoms with Gasteiger partial charge in [0, 0.05) is 12.8 Å². The van der Waals surface area contributed by atoms with Crippen molar-refractivity contribution in [1.82, 2.24) is 5.32 Å². The number of amides is 1. The number of aliphatic hydroxyl groups excluding tert-OH is 2. The smallest absolute Gasteiger partial charge is 0.305 e. The fourth-order valence-electron chi connectivity index (χ4n) is 10.9. The predicted molar refractivity (Wildman–Crippen MR) is 324 cm³/mol. The maximum atomic E-state index is 12.5. The van der Waals surface area contributed by atoms with Gasteiger partial charge in [0.1, 0.15) is 0 Å². The number of unbranched alkanes of at least 4 members (excludes halogenated alkanes) is 51. The maximum absolute atomic E-state index is 12.5. The van der Waals surface area contributed by atoms with Crippen molar-refractivity contribution >= 4 is 11.9 Å². The Bertz CT molecular complexity index is 1110. The molecule has 0 spiro atoms. The van der Waals surface area contributed by atoms with Crippen LogP contribution in [-0.4, -0.2) is 47.4 Å². The SMILES string of the molecule is CCCCCCCCC/C=C\CCCCCCCCCC(=O)OCCCCCCCCCCCCCCCCCCCCCCCCCCC(=O)NC(CO)C(O)CCCCCCCCCCCCCCCCC. The number of ether oxygens (including phenoxy) is 1. The Hall–Kier alpha value is -1.40. The highest BCUT2D eigenvalue weighted by atomic mass is 16.5. The Morgan fingerprint density at radius 2 is 0.635 bits per heavy atom. The highest BCUT2D eigenvalue weighted by Gasteiger charge is 2.20. The average Bonchev–Trinajstić information content (AvgIpc) is 3.40. The van der Waals surface area contributed by atoms with E-state index >= 15 is 0 Å². The summed E-state index contributed by atoms with van der Waals surface area (Å²) in [6.07, 6.45) is 78.1. The van der Waals surface area contributed by atoms with Crippen molar-refractivity contribution in [3.05, 3.63) is 12.2 Å². The quantitative estimate of drug-likeness (QED) is 0.0320. The third-order valence-electron chi connectivity index (χ3n) is 16.1. The van der Waals surface area contributed by atoms with Crippen LogP contribution in [0.2, 0.25) is 0 Å². The molecule has 0 radical (unpaired) electrons. The molecule has 74 heavy (non-hydrogen) atoms. The predicted octanol–water partition coefficient (Wildman–Crippen LogP) is 21.6. The molecule has 0 heterocycles. The van der Waals surface area contributed by atoms with Gasteiger partial charge < -0.3 is 20.3 Å². The van der Waals surface area contributed by atoms with Gasteiger partial charge in [-0.2, -0.15) is 0 Å². The lowest BCUT2D eigenvalue weighted by molar-refractivity contribution is -0.143. The second kappa shape index (κ2) is 64.1. The molecule has 0 rings (SSSR count). The van der Waals surface area contributed by atoms with Crippen LogP contribution in [0, 0.1) is 0 Å². The molecule has 0 aromatic carbocycles. The minimum absolute atomic E-state index is 0.0136. The highest BCUT2D eigenvalue weighted by molar-refractivity contribution is 5.76. The Labute approximate surface area is 463 Å². The molecule has 0 aromatic rings. The van der Waals surface area contributed by atoms with E-state index in [1.165, 1.54) is 308 Å². The van der Waals surface area contributed by atoms with Crippen molar-refractivity contribution in [2.45, 2.75) is 398 Å². The third-order valence-corrected chi connectivity index (χ3v) is 16.1. The lowest BCUT2D eigenvalue weighted by Crippen LogP contribution is -2.45. The van der Waals surface area contributed by atoms with Crippen molar-refractivity contribution in [1.29, 1.82) is 0 Å². The second-order valence-corrected chi connectivity index (χ2v) is 23.5. The molecule has 0 saturated carbocycles. The summed E-state index contributed by atoms with van der Waals surface area (Å²) < 4.78 is 5.50. The fraction of sp³-hybridized carbons (Fsp3) is 0.941. The molecule has 0 aliphatic carbocycles. The van der Waals surface area contributed by atoms with Crippen LogP contribution < -0.4 is 5.32 Å². The van der Waals surface area contributed by atoms with Crippen molar-refractivity contribution in [3.8, 4) is 0 Å². The van der Waals surface area contributed by atoms with E-state index in [1.54, 1.807) is 0 Å². The molecule has 3 N–H and O–H groups in total. The zero-order valence-electron chi connectivity index (χ0n) is 50.4. The molecule has 6 heteroatoms. The van der Waals surface area contributed by atoms with Crippen molar-refractivity contribution in [3.63, 3.8) is 0 Å². The van der Waals surface area contributed by atoms with Crippen molar-refractivity contribution in [2.75, 3.05) is 13.2 Å². The summed E-state index contributed by atoms with van der Waals surface area (Å²) in [5.41, 5.74) is 0. The van der Waals surface area contributed by atoms with E-state index in [0.717, 1.165) is 44.9 Å². The van der Waals surface area contributed by atoms with E-state index in [1.807, 2.05) is 0 Å². The Morgan fingerprint density at radius 1 is 0.365 bits per heavy atom. The first-order valence-electron chi connectivity index (χ1n) is 33.9. The normalized spacial score (nSPS) is 12.5. The van der Waals surface area contributed by atoms with Gasteiger partial charge >= 0.3 is 5.97 Å². The van der Waals surface area contributed by atoms with Crippen LogP contribution in [0.25, 0.3) is 0 Å². The van der Waals surface area contributed by atoms with Gasteiger partial charge in [0.15, 0.2) is 0 Å². The van der Waals surface area contributed by atoms with Gasteiger partial charge in [-0.1, -0.05) is 334 Å². The van der Waals surface area contributed by atoms with Crippen LogP contribution in [0.1, 0.15) is 386 Å².